The highest BCUT2D eigenvalue weighted by Crippen LogP contribution is 2.48. The first-order valence-corrected chi connectivity index (χ1v) is 9.74. The molecule has 2 aromatic heterocycles. The van der Waals surface area contributed by atoms with Crippen molar-refractivity contribution in [3.8, 4) is 11.8 Å². The summed E-state index contributed by atoms with van der Waals surface area (Å²) < 4.78 is 7.58. The van der Waals surface area contributed by atoms with Gasteiger partial charge in [0.15, 0.2) is 0 Å². The van der Waals surface area contributed by atoms with Gasteiger partial charge in [-0.3, -0.25) is 4.79 Å². The van der Waals surface area contributed by atoms with Gasteiger partial charge in [-0.05, 0) is 37.1 Å². The molecule has 146 valence electrons. The van der Waals surface area contributed by atoms with Crippen molar-refractivity contribution in [1.82, 2.24) is 9.55 Å². The lowest BCUT2D eigenvalue weighted by Gasteiger charge is -2.16. The molecule has 29 heavy (non-hydrogen) atoms. The summed E-state index contributed by atoms with van der Waals surface area (Å²) in [5, 5.41) is 17.1. The maximum absolute atomic E-state index is 12.8. The van der Waals surface area contributed by atoms with Crippen molar-refractivity contribution >= 4 is 39.6 Å². The molecule has 0 bridgehead atoms. The number of nitrogens with zero attached hydrogens (tertiary/aromatic N) is 3. The van der Waals surface area contributed by atoms with Crippen LogP contribution in [0.2, 0.25) is 5.15 Å². The molecule has 1 aliphatic heterocycles. The minimum atomic E-state index is -0.147. The Morgan fingerprint density at radius 3 is 2.97 bits per heavy atom. The van der Waals surface area contributed by atoms with Crippen molar-refractivity contribution in [2.75, 3.05) is 23.8 Å². The van der Waals surface area contributed by atoms with E-state index in [1.54, 1.807) is 23.9 Å². The Bertz CT molecular complexity index is 1260. The zero-order valence-corrected chi connectivity index (χ0v) is 16.5. The second-order valence-corrected chi connectivity index (χ2v) is 8.06. The van der Waals surface area contributed by atoms with Crippen molar-refractivity contribution < 1.29 is 4.74 Å². The van der Waals surface area contributed by atoms with E-state index in [2.05, 4.69) is 21.7 Å². The number of aryl methyl sites for hydroxylation is 1. The predicted molar refractivity (Wildman–Crippen MR) is 112 cm³/mol. The van der Waals surface area contributed by atoms with E-state index in [1.165, 1.54) is 0 Å². The lowest BCUT2D eigenvalue weighted by Crippen LogP contribution is -2.21. The van der Waals surface area contributed by atoms with Crippen LogP contribution in [0.25, 0.3) is 10.9 Å². The monoisotopic (exact) mass is 407 g/mol. The van der Waals surface area contributed by atoms with Gasteiger partial charge in [0, 0.05) is 36.3 Å². The molecule has 3 heterocycles. The molecule has 8 heteroatoms. The van der Waals surface area contributed by atoms with E-state index < -0.39 is 0 Å². The van der Waals surface area contributed by atoms with Crippen LogP contribution in [0.4, 0.5) is 17.1 Å². The SMILES string of the molecule is Cn1c(=O)c2c(c3cc(Nc4ccnc(Cl)c4C#N)ccc31)NCC1(CC1)CO2. The molecule has 0 unspecified atom stereocenters. The first kappa shape index (κ1) is 17.8. The van der Waals surface area contributed by atoms with Crippen LogP contribution in [0.3, 0.4) is 0 Å². The number of aromatic nitrogens is 2. The third-order valence-electron chi connectivity index (χ3n) is 5.77. The van der Waals surface area contributed by atoms with Crippen LogP contribution >= 0.6 is 11.6 Å². The Hall–Kier alpha value is -3.24. The van der Waals surface area contributed by atoms with E-state index in [4.69, 9.17) is 16.3 Å². The number of hydrogen-bond acceptors (Lipinski definition) is 6. The molecule has 3 aromatic rings. The Morgan fingerprint density at radius 2 is 2.21 bits per heavy atom. The Kier molecular flexibility index (Phi) is 3.93. The molecular weight excluding hydrogens is 390 g/mol. The number of ether oxygens (including phenoxy) is 1. The summed E-state index contributed by atoms with van der Waals surface area (Å²) in [4.78, 5) is 16.8. The molecule has 0 radical (unpaired) electrons. The average molecular weight is 408 g/mol. The van der Waals surface area contributed by atoms with Gasteiger partial charge in [-0.15, -0.1) is 0 Å². The molecule has 0 atom stereocenters. The number of nitrogens with one attached hydrogen (secondary N) is 2. The lowest BCUT2D eigenvalue weighted by atomic mass is 10.1. The average Bonchev–Trinajstić information content (AvgIpc) is 3.52. The quantitative estimate of drug-likeness (QED) is 0.628. The molecule has 1 spiro atoms. The summed E-state index contributed by atoms with van der Waals surface area (Å²) in [6, 6.07) is 9.48. The van der Waals surface area contributed by atoms with Gasteiger partial charge in [-0.1, -0.05) is 11.6 Å². The maximum atomic E-state index is 12.8. The van der Waals surface area contributed by atoms with E-state index >= 15 is 0 Å². The molecule has 0 amide bonds. The number of halogens is 1. The van der Waals surface area contributed by atoms with Crippen molar-refractivity contribution in [1.29, 1.82) is 5.26 Å². The summed E-state index contributed by atoms with van der Waals surface area (Å²) in [6.07, 6.45) is 3.77. The zero-order valence-electron chi connectivity index (χ0n) is 15.8. The topological polar surface area (TPSA) is 92.0 Å². The Labute approximate surface area is 171 Å². The first-order chi connectivity index (χ1) is 14.0. The van der Waals surface area contributed by atoms with Gasteiger partial charge in [-0.25, -0.2) is 4.98 Å². The molecule has 1 saturated carbocycles. The standard InChI is InChI=1S/C21H18ClN5O2/c1-27-16-3-2-12(26-15-4-7-24-19(22)14(15)9-23)8-13(16)17-18(20(27)28)29-11-21(5-6-21)10-25-17/h2-4,7-8,25H,5-6,10-11H2,1H3,(H,24,26). The Balaban J connectivity index is 1.63. The van der Waals surface area contributed by atoms with Gasteiger partial charge in [0.05, 0.1) is 23.5 Å². The first-order valence-electron chi connectivity index (χ1n) is 9.36. The minimum Gasteiger partial charge on any atom is -0.486 e. The fourth-order valence-electron chi connectivity index (χ4n) is 3.76. The van der Waals surface area contributed by atoms with Crippen LogP contribution in [0, 0.1) is 16.7 Å². The van der Waals surface area contributed by atoms with Crippen molar-refractivity contribution in [2.45, 2.75) is 12.8 Å². The number of benzene rings is 1. The van der Waals surface area contributed by atoms with Gasteiger partial charge >= 0.3 is 0 Å². The molecule has 1 aliphatic carbocycles. The number of anilines is 3. The van der Waals surface area contributed by atoms with Crippen LogP contribution in [0.5, 0.6) is 5.75 Å². The van der Waals surface area contributed by atoms with Crippen molar-refractivity contribution in [3.05, 3.63) is 51.5 Å². The normalized spacial score (nSPS) is 16.3. The number of pyridine rings is 2. The molecule has 7 nitrogen and oxygen atoms in total. The van der Waals surface area contributed by atoms with Crippen LogP contribution < -0.4 is 20.9 Å². The minimum absolute atomic E-state index is 0.141. The third kappa shape index (κ3) is 2.88. The molecular formula is C21H18ClN5O2. The van der Waals surface area contributed by atoms with Gasteiger partial charge < -0.3 is 19.9 Å². The zero-order chi connectivity index (χ0) is 20.2. The van der Waals surface area contributed by atoms with Crippen LogP contribution in [0.1, 0.15) is 18.4 Å². The summed E-state index contributed by atoms with van der Waals surface area (Å²) in [5.41, 5.74) is 3.14. The van der Waals surface area contributed by atoms with Gasteiger partial charge in [0.1, 0.15) is 16.8 Å². The van der Waals surface area contributed by atoms with E-state index in [0.29, 0.717) is 18.0 Å². The number of fused-ring (bicyclic) bond motifs is 3. The number of nitriles is 1. The van der Waals surface area contributed by atoms with Crippen LogP contribution in [0.15, 0.2) is 35.3 Å². The number of rotatable bonds is 2. The van der Waals surface area contributed by atoms with Crippen LogP contribution in [-0.4, -0.2) is 22.7 Å². The summed E-state index contributed by atoms with van der Waals surface area (Å²) in [7, 11) is 1.75. The molecule has 2 N–H and O–H groups in total. The van der Waals surface area contributed by atoms with E-state index in [1.807, 2.05) is 18.2 Å². The summed E-state index contributed by atoms with van der Waals surface area (Å²) >= 11 is 6.04. The highest BCUT2D eigenvalue weighted by molar-refractivity contribution is 6.31. The predicted octanol–water partition coefficient (Wildman–Crippen LogP) is 3.79. The smallest absolute Gasteiger partial charge is 0.295 e. The summed E-state index contributed by atoms with van der Waals surface area (Å²) in [5.74, 6) is 0.366. The van der Waals surface area contributed by atoms with Gasteiger partial charge in [0.2, 0.25) is 5.75 Å². The fourth-order valence-corrected chi connectivity index (χ4v) is 3.96. The molecule has 1 aromatic carbocycles. The third-order valence-corrected chi connectivity index (χ3v) is 6.06. The van der Waals surface area contributed by atoms with E-state index in [-0.39, 0.29) is 21.7 Å². The van der Waals surface area contributed by atoms with E-state index in [0.717, 1.165) is 41.7 Å². The molecule has 2 aliphatic rings. The highest BCUT2D eigenvalue weighted by Gasteiger charge is 2.45. The molecule has 1 fully saturated rings. The summed E-state index contributed by atoms with van der Waals surface area (Å²) in [6.45, 7) is 1.35. The lowest BCUT2D eigenvalue weighted by molar-refractivity contribution is 0.248. The second kappa shape index (κ2) is 6.39. The molecule has 5 rings (SSSR count). The molecule has 0 saturated heterocycles. The maximum Gasteiger partial charge on any atom is 0.295 e. The second-order valence-electron chi connectivity index (χ2n) is 7.70. The number of hydrogen-bond donors (Lipinski definition) is 2. The van der Waals surface area contributed by atoms with E-state index in [9.17, 15) is 10.1 Å². The van der Waals surface area contributed by atoms with Gasteiger partial charge in [-0.2, -0.15) is 5.26 Å². The van der Waals surface area contributed by atoms with Crippen molar-refractivity contribution in [2.24, 2.45) is 12.5 Å². The fraction of sp³-hybridized carbons (Fsp3) is 0.286. The highest BCUT2D eigenvalue weighted by atomic mass is 35.5. The Morgan fingerprint density at radius 1 is 1.38 bits per heavy atom. The largest absolute Gasteiger partial charge is 0.486 e. The van der Waals surface area contributed by atoms with Crippen LogP contribution in [-0.2, 0) is 7.05 Å². The van der Waals surface area contributed by atoms with Gasteiger partial charge in [0.25, 0.3) is 5.56 Å². The van der Waals surface area contributed by atoms with Crippen molar-refractivity contribution in [3.63, 3.8) is 0 Å².